The van der Waals surface area contributed by atoms with Crippen LogP contribution >= 0.6 is 0 Å². The van der Waals surface area contributed by atoms with E-state index in [-0.39, 0.29) is 0 Å². The molecule has 32 heavy (non-hydrogen) atoms. The number of nitrogens with zero attached hydrogens (tertiary/aromatic N) is 5. The summed E-state index contributed by atoms with van der Waals surface area (Å²) in [5.41, 5.74) is 1.44. The Bertz CT molecular complexity index is 1120. The molecule has 5 rings (SSSR count). The number of hydrogen-bond donors (Lipinski definition) is 1. The number of anilines is 3. The Hall–Kier alpha value is -4.15. The first-order valence-electron chi connectivity index (χ1n) is 9.98. The largest absolute Gasteiger partial charge is 0.442 e. The lowest BCUT2D eigenvalue weighted by molar-refractivity contribution is 0.144. The highest BCUT2D eigenvalue weighted by Gasteiger charge is 2.32. The predicted molar refractivity (Wildman–Crippen MR) is 114 cm³/mol. The molecule has 164 valence electrons. The highest BCUT2D eigenvalue weighted by atomic mass is 19.1. The van der Waals surface area contributed by atoms with E-state index in [9.17, 15) is 9.18 Å². The lowest BCUT2D eigenvalue weighted by Gasteiger charge is -2.20. The van der Waals surface area contributed by atoms with Gasteiger partial charge in [0.05, 0.1) is 25.3 Å². The second-order valence-corrected chi connectivity index (χ2v) is 7.20. The lowest BCUT2D eigenvalue weighted by Crippen LogP contribution is -2.29. The van der Waals surface area contributed by atoms with Crippen molar-refractivity contribution >= 4 is 29.8 Å². The molecule has 0 radical (unpaired) electrons. The first-order valence-corrected chi connectivity index (χ1v) is 9.98. The van der Waals surface area contributed by atoms with Crippen LogP contribution in [0.25, 0.3) is 11.1 Å². The van der Waals surface area contributed by atoms with Crippen LogP contribution in [-0.4, -0.2) is 54.9 Å². The molecule has 0 saturated carbocycles. The monoisotopic (exact) mass is 438 g/mol. The average Bonchev–Trinajstić information content (AvgIpc) is 3.48. The Morgan fingerprint density at radius 2 is 2.16 bits per heavy atom. The second-order valence-electron chi connectivity index (χ2n) is 7.20. The average molecular weight is 438 g/mol. The summed E-state index contributed by atoms with van der Waals surface area (Å²) < 4.78 is 25.0. The van der Waals surface area contributed by atoms with Gasteiger partial charge >= 0.3 is 6.09 Å². The molecule has 0 aliphatic carbocycles. The topological polar surface area (TPSA) is 105 Å². The maximum atomic E-state index is 14.9. The Morgan fingerprint density at radius 3 is 2.88 bits per heavy atom. The van der Waals surface area contributed by atoms with Gasteiger partial charge in [-0.25, -0.2) is 14.2 Å². The summed E-state index contributed by atoms with van der Waals surface area (Å²) >= 11 is 0. The van der Waals surface area contributed by atoms with E-state index in [4.69, 9.17) is 14.1 Å². The molecule has 2 aromatic heterocycles. The number of oxime groups is 1. The fourth-order valence-electron chi connectivity index (χ4n) is 3.50. The van der Waals surface area contributed by atoms with E-state index >= 15 is 0 Å². The zero-order chi connectivity index (χ0) is 21.9. The van der Waals surface area contributed by atoms with Crippen LogP contribution in [0.3, 0.4) is 0 Å². The van der Waals surface area contributed by atoms with Crippen LogP contribution in [0.1, 0.15) is 0 Å². The quantitative estimate of drug-likeness (QED) is 0.626. The Kier molecular flexibility index (Phi) is 5.28. The molecule has 2 aliphatic rings. The van der Waals surface area contributed by atoms with Crippen LogP contribution in [0.2, 0.25) is 0 Å². The number of benzene rings is 1. The summed E-state index contributed by atoms with van der Waals surface area (Å²) in [6.07, 6.45) is 3.68. The maximum Gasteiger partial charge on any atom is 0.414 e. The number of amides is 1. The number of ether oxygens (including phenoxy) is 1. The summed E-state index contributed by atoms with van der Waals surface area (Å²) in [7, 11) is 0. The first kappa shape index (κ1) is 19.8. The number of carbonyl (C=O) groups excluding carboxylic acids is 1. The highest BCUT2D eigenvalue weighted by Crippen LogP contribution is 2.29. The van der Waals surface area contributed by atoms with Gasteiger partial charge < -0.3 is 24.3 Å². The number of rotatable bonds is 6. The fourth-order valence-corrected chi connectivity index (χ4v) is 3.50. The Labute approximate surface area is 182 Å². The number of pyridine rings is 1. The van der Waals surface area contributed by atoms with E-state index in [1.807, 2.05) is 4.90 Å². The number of aromatic nitrogens is 2. The Morgan fingerprint density at radius 1 is 1.22 bits per heavy atom. The zero-order valence-corrected chi connectivity index (χ0v) is 16.8. The number of nitrogens with one attached hydrogen (secondary N) is 1. The van der Waals surface area contributed by atoms with Gasteiger partial charge in [-0.2, -0.15) is 0 Å². The smallest absolute Gasteiger partial charge is 0.414 e. The molecule has 1 amide bonds. The van der Waals surface area contributed by atoms with Gasteiger partial charge in [-0.15, -0.1) is 0 Å². The number of cyclic esters (lactones) is 1. The summed E-state index contributed by atoms with van der Waals surface area (Å²) in [6, 6.07) is 9.90. The van der Waals surface area contributed by atoms with Crippen molar-refractivity contribution in [2.45, 2.75) is 6.10 Å². The molecule has 0 spiro atoms. The van der Waals surface area contributed by atoms with Gasteiger partial charge in [0.2, 0.25) is 0 Å². The zero-order valence-electron chi connectivity index (χ0n) is 16.8. The second kappa shape index (κ2) is 8.53. The molecular formula is C21H19FN6O4. The molecule has 1 N–H and O–H groups in total. The molecule has 2 aliphatic heterocycles. The van der Waals surface area contributed by atoms with Crippen LogP contribution in [0, 0.1) is 5.82 Å². The minimum absolute atomic E-state index is 0.291. The fraction of sp³-hybridized carbons (Fsp3) is 0.238. The molecule has 1 aromatic carbocycles. The van der Waals surface area contributed by atoms with Gasteiger partial charge in [0, 0.05) is 23.4 Å². The van der Waals surface area contributed by atoms with Crippen molar-refractivity contribution in [3.05, 3.63) is 54.7 Å². The van der Waals surface area contributed by atoms with Crippen LogP contribution in [-0.2, 0) is 9.57 Å². The molecular weight excluding hydrogens is 419 g/mol. The van der Waals surface area contributed by atoms with Crippen LogP contribution in [0.5, 0.6) is 0 Å². The van der Waals surface area contributed by atoms with Crippen molar-refractivity contribution in [3.63, 3.8) is 0 Å². The van der Waals surface area contributed by atoms with Gasteiger partial charge in [-0.05, 0) is 30.3 Å². The molecule has 1 unspecified atom stereocenters. The van der Waals surface area contributed by atoms with Crippen molar-refractivity contribution < 1.29 is 23.3 Å². The van der Waals surface area contributed by atoms with Gasteiger partial charge in [-0.3, -0.25) is 4.90 Å². The van der Waals surface area contributed by atoms with E-state index in [1.165, 1.54) is 17.2 Å². The standard InChI is InChI=1S/C21H19FN6O4/c22-18-9-15(28-12-16(32-21(28)29)11-23-19-5-7-31-26-19)2-3-17(18)14-1-4-20(24-10-14)27-6-8-30-25-13-27/h1-5,7,9-10,13,16H,6,8,11-12H2,(H,23,26). The van der Waals surface area contributed by atoms with Gasteiger partial charge in [0.25, 0.3) is 0 Å². The van der Waals surface area contributed by atoms with Crippen LogP contribution in [0.15, 0.2) is 58.5 Å². The van der Waals surface area contributed by atoms with Crippen molar-refractivity contribution in [1.82, 2.24) is 10.1 Å². The van der Waals surface area contributed by atoms with Crippen LogP contribution < -0.4 is 15.1 Å². The molecule has 10 nitrogen and oxygen atoms in total. The summed E-state index contributed by atoms with van der Waals surface area (Å²) in [5.74, 6) is 0.792. The highest BCUT2D eigenvalue weighted by molar-refractivity contribution is 5.90. The van der Waals surface area contributed by atoms with E-state index in [1.54, 1.807) is 42.9 Å². The predicted octanol–water partition coefficient (Wildman–Crippen LogP) is 3.09. The molecule has 3 aromatic rings. The summed E-state index contributed by atoms with van der Waals surface area (Å²) in [6.45, 7) is 1.77. The number of carbonyl (C=O) groups is 1. The molecule has 1 saturated heterocycles. The SMILES string of the molecule is O=C1OC(CNc2ccon2)CN1c1ccc(-c2ccc(N3C=NOCC3)nc2)c(F)c1. The molecule has 0 bridgehead atoms. The molecule has 4 heterocycles. The minimum atomic E-state index is -0.526. The van der Waals surface area contributed by atoms with Crippen molar-refractivity contribution in [2.24, 2.45) is 5.16 Å². The van der Waals surface area contributed by atoms with E-state index < -0.39 is 18.0 Å². The van der Waals surface area contributed by atoms with Crippen molar-refractivity contribution in [2.75, 3.05) is 41.4 Å². The van der Waals surface area contributed by atoms with Crippen LogP contribution in [0.4, 0.5) is 26.5 Å². The normalized spacial score (nSPS) is 17.9. The Balaban J connectivity index is 1.27. The van der Waals surface area contributed by atoms with E-state index in [0.717, 1.165) is 0 Å². The molecule has 11 heteroatoms. The van der Waals surface area contributed by atoms with E-state index in [0.29, 0.717) is 54.7 Å². The summed E-state index contributed by atoms with van der Waals surface area (Å²) in [5, 5.41) is 10.5. The third-order valence-corrected chi connectivity index (χ3v) is 5.12. The summed E-state index contributed by atoms with van der Waals surface area (Å²) in [4.78, 5) is 24.9. The van der Waals surface area contributed by atoms with E-state index in [2.05, 4.69) is 20.6 Å². The number of hydrogen-bond acceptors (Lipinski definition) is 9. The minimum Gasteiger partial charge on any atom is -0.442 e. The van der Waals surface area contributed by atoms with Crippen molar-refractivity contribution in [3.8, 4) is 11.1 Å². The third kappa shape index (κ3) is 4.04. The third-order valence-electron chi connectivity index (χ3n) is 5.12. The first-order chi connectivity index (χ1) is 15.7. The molecule has 1 atom stereocenters. The van der Waals surface area contributed by atoms with Crippen molar-refractivity contribution in [1.29, 1.82) is 0 Å². The lowest BCUT2D eigenvalue weighted by atomic mass is 10.1. The van der Waals surface area contributed by atoms with Gasteiger partial charge in [0.15, 0.2) is 5.82 Å². The van der Waals surface area contributed by atoms with Gasteiger partial charge in [0.1, 0.15) is 36.9 Å². The number of halogens is 1. The molecule has 1 fully saturated rings. The maximum absolute atomic E-state index is 14.9. The van der Waals surface area contributed by atoms with Gasteiger partial charge in [-0.1, -0.05) is 10.3 Å².